The molecule has 1 aromatic carbocycles. The van der Waals surface area contributed by atoms with E-state index in [1.807, 2.05) is 0 Å². The van der Waals surface area contributed by atoms with E-state index >= 15 is 0 Å². The Hall–Kier alpha value is -1.70. The maximum atomic E-state index is 13.0. The average molecular weight is 255 g/mol. The lowest BCUT2D eigenvalue weighted by Gasteiger charge is -2.08. The third-order valence-corrected chi connectivity index (χ3v) is 1.75. The number of hydrogen-bond donors (Lipinski definition) is 1. The minimum absolute atomic E-state index is 0.0405. The largest absolute Gasteiger partial charge is 0.281 e. The van der Waals surface area contributed by atoms with E-state index in [4.69, 9.17) is 0 Å². The van der Waals surface area contributed by atoms with Crippen LogP contribution in [0.2, 0.25) is 0 Å². The van der Waals surface area contributed by atoms with Crippen molar-refractivity contribution in [3.8, 4) is 0 Å². The highest BCUT2D eigenvalue weighted by molar-refractivity contribution is 5.94. The monoisotopic (exact) mass is 255 g/mol. The summed E-state index contributed by atoms with van der Waals surface area (Å²) in [6.45, 7) is 1.40. The van der Waals surface area contributed by atoms with Crippen molar-refractivity contribution in [3.05, 3.63) is 34.6 Å². The molecule has 0 bridgehead atoms. The van der Waals surface area contributed by atoms with Crippen LogP contribution in [0.5, 0.6) is 0 Å². The van der Waals surface area contributed by atoms with Gasteiger partial charge < -0.3 is 0 Å². The van der Waals surface area contributed by atoms with Crippen molar-refractivity contribution < 1.29 is 31.6 Å². The van der Waals surface area contributed by atoms with Gasteiger partial charge in [-0.05, 0) is 6.92 Å². The lowest BCUT2D eigenvalue weighted by molar-refractivity contribution is 0.0354. The molecule has 1 amide bonds. The van der Waals surface area contributed by atoms with Gasteiger partial charge in [0, 0.05) is 0 Å². The normalized spacial score (nSPS) is 10.5. The van der Waals surface area contributed by atoms with Crippen LogP contribution in [0.3, 0.4) is 0 Å². The van der Waals surface area contributed by atoms with Crippen molar-refractivity contribution in [3.63, 3.8) is 0 Å². The van der Waals surface area contributed by atoms with Gasteiger partial charge in [-0.2, -0.15) is 0 Å². The second-order valence-electron chi connectivity index (χ2n) is 2.81. The van der Waals surface area contributed by atoms with Crippen LogP contribution >= 0.6 is 0 Å². The van der Waals surface area contributed by atoms with E-state index in [0.717, 1.165) is 0 Å². The highest BCUT2D eigenvalue weighted by Crippen LogP contribution is 2.22. The van der Waals surface area contributed by atoms with Crippen molar-refractivity contribution in [1.82, 2.24) is 5.48 Å². The SMILES string of the molecule is CCONC(=O)c1c(F)c(F)c(F)c(F)c1F. The first-order valence-corrected chi connectivity index (χ1v) is 4.35. The minimum Gasteiger partial charge on any atom is -0.274 e. The molecule has 0 spiro atoms. The van der Waals surface area contributed by atoms with E-state index in [2.05, 4.69) is 4.84 Å². The third-order valence-electron chi connectivity index (χ3n) is 1.75. The molecule has 0 aliphatic rings. The molecule has 0 aliphatic carbocycles. The predicted molar refractivity (Wildman–Crippen MR) is 45.3 cm³/mol. The van der Waals surface area contributed by atoms with Gasteiger partial charge in [-0.25, -0.2) is 27.4 Å². The van der Waals surface area contributed by atoms with Gasteiger partial charge in [-0.3, -0.25) is 9.63 Å². The van der Waals surface area contributed by atoms with E-state index in [-0.39, 0.29) is 6.61 Å². The first-order valence-electron chi connectivity index (χ1n) is 4.35. The molecule has 3 nitrogen and oxygen atoms in total. The number of rotatable bonds is 3. The van der Waals surface area contributed by atoms with Crippen LogP contribution in [0.4, 0.5) is 22.0 Å². The standard InChI is InChI=1S/C9H6F5NO2/c1-2-17-15-9(16)3-4(10)6(12)8(14)7(13)5(3)11/h2H2,1H3,(H,15,16). The van der Waals surface area contributed by atoms with E-state index in [9.17, 15) is 26.7 Å². The number of hydroxylamine groups is 1. The van der Waals surface area contributed by atoms with Crippen LogP contribution in [0.25, 0.3) is 0 Å². The van der Waals surface area contributed by atoms with Gasteiger partial charge in [0.2, 0.25) is 5.82 Å². The molecule has 0 unspecified atom stereocenters. The Bertz CT molecular complexity index is 434. The third kappa shape index (κ3) is 2.36. The maximum Gasteiger partial charge on any atom is 0.281 e. The zero-order valence-corrected chi connectivity index (χ0v) is 8.41. The summed E-state index contributed by atoms with van der Waals surface area (Å²) in [7, 11) is 0. The van der Waals surface area contributed by atoms with Crippen molar-refractivity contribution in [1.29, 1.82) is 0 Å². The van der Waals surface area contributed by atoms with Crippen molar-refractivity contribution >= 4 is 5.91 Å². The fourth-order valence-corrected chi connectivity index (χ4v) is 0.993. The summed E-state index contributed by atoms with van der Waals surface area (Å²) in [6, 6.07) is 0. The fourth-order valence-electron chi connectivity index (χ4n) is 0.993. The number of benzene rings is 1. The zero-order chi connectivity index (χ0) is 13.2. The van der Waals surface area contributed by atoms with E-state index < -0.39 is 40.6 Å². The van der Waals surface area contributed by atoms with Crippen LogP contribution < -0.4 is 5.48 Å². The summed E-state index contributed by atoms with van der Waals surface area (Å²) in [6.07, 6.45) is 0. The van der Waals surface area contributed by atoms with Crippen molar-refractivity contribution in [2.24, 2.45) is 0 Å². The average Bonchev–Trinajstić information content (AvgIpc) is 2.31. The Kier molecular flexibility index (Phi) is 4.00. The number of halogens is 5. The lowest BCUT2D eigenvalue weighted by atomic mass is 10.1. The van der Waals surface area contributed by atoms with Gasteiger partial charge in [0.1, 0.15) is 5.56 Å². The van der Waals surface area contributed by atoms with Crippen molar-refractivity contribution in [2.45, 2.75) is 6.92 Å². The van der Waals surface area contributed by atoms with Gasteiger partial charge in [-0.15, -0.1) is 0 Å². The number of hydrogen-bond acceptors (Lipinski definition) is 2. The molecule has 0 saturated carbocycles. The summed E-state index contributed by atoms with van der Waals surface area (Å²) in [5, 5.41) is 0. The molecule has 1 rings (SSSR count). The fraction of sp³-hybridized carbons (Fsp3) is 0.222. The van der Waals surface area contributed by atoms with E-state index in [0.29, 0.717) is 0 Å². The Morgan fingerprint density at radius 2 is 1.41 bits per heavy atom. The smallest absolute Gasteiger partial charge is 0.274 e. The topological polar surface area (TPSA) is 38.3 Å². The molecule has 0 aliphatic heterocycles. The first-order chi connectivity index (χ1) is 7.91. The second-order valence-corrected chi connectivity index (χ2v) is 2.81. The van der Waals surface area contributed by atoms with Gasteiger partial charge in [0.05, 0.1) is 6.61 Å². The molecule has 8 heteroatoms. The molecule has 1 N–H and O–H groups in total. The van der Waals surface area contributed by atoms with Gasteiger partial charge in [0.25, 0.3) is 5.91 Å². The highest BCUT2D eigenvalue weighted by Gasteiger charge is 2.29. The van der Waals surface area contributed by atoms with Crippen LogP contribution in [0.1, 0.15) is 17.3 Å². The number of amides is 1. The molecule has 0 heterocycles. The molecule has 0 atom stereocenters. The van der Waals surface area contributed by atoms with E-state index in [1.54, 1.807) is 0 Å². The van der Waals surface area contributed by atoms with Gasteiger partial charge in [-0.1, -0.05) is 0 Å². The van der Waals surface area contributed by atoms with Crippen LogP contribution in [0, 0.1) is 29.1 Å². The first kappa shape index (κ1) is 13.4. The summed E-state index contributed by atoms with van der Waals surface area (Å²) >= 11 is 0. The summed E-state index contributed by atoms with van der Waals surface area (Å²) in [5.74, 6) is -12.7. The molecule has 0 fully saturated rings. The highest BCUT2D eigenvalue weighted by atomic mass is 19.2. The summed E-state index contributed by atoms with van der Waals surface area (Å²) in [5.41, 5.74) is -0.0586. The molecular formula is C9H6F5NO2. The Morgan fingerprint density at radius 3 is 1.82 bits per heavy atom. The van der Waals surface area contributed by atoms with Crippen LogP contribution in [0.15, 0.2) is 0 Å². The van der Waals surface area contributed by atoms with Crippen molar-refractivity contribution in [2.75, 3.05) is 6.61 Å². The zero-order valence-electron chi connectivity index (χ0n) is 8.41. The number of nitrogens with one attached hydrogen (secondary N) is 1. The maximum absolute atomic E-state index is 13.0. The van der Waals surface area contributed by atoms with Crippen LogP contribution in [-0.2, 0) is 4.84 Å². The molecule has 94 valence electrons. The minimum atomic E-state index is -2.33. The summed E-state index contributed by atoms with van der Waals surface area (Å²) in [4.78, 5) is 15.4. The second kappa shape index (κ2) is 5.09. The van der Waals surface area contributed by atoms with Gasteiger partial charge in [0.15, 0.2) is 23.3 Å². The van der Waals surface area contributed by atoms with E-state index in [1.165, 1.54) is 12.4 Å². The Morgan fingerprint density at radius 1 is 1.00 bits per heavy atom. The Labute approximate surface area is 92.1 Å². The number of carbonyl (C=O) groups excluding carboxylic acids is 1. The quantitative estimate of drug-likeness (QED) is 0.388. The molecule has 17 heavy (non-hydrogen) atoms. The molecule has 0 radical (unpaired) electrons. The molecule has 1 aromatic rings. The number of carbonyl (C=O) groups is 1. The molecule has 0 saturated heterocycles. The van der Waals surface area contributed by atoms with Gasteiger partial charge >= 0.3 is 0 Å². The summed E-state index contributed by atoms with van der Waals surface area (Å²) < 4.78 is 64.1. The predicted octanol–water partition coefficient (Wildman–Crippen LogP) is 2.06. The molecule has 0 aromatic heterocycles. The van der Waals surface area contributed by atoms with Crippen LogP contribution in [-0.4, -0.2) is 12.5 Å². The lowest BCUT2D eigenvalue weighted by Crippen LogP contribution is -2.27. The molecular weight excluding hydrogens is 249 g/mol. The Balaban J connectivity index is 3.29.